The topological polar surface area (TPSA) is 37.3 Å². The number of rotatable bonds is 2. The number of hydrogen-bond acceptors (Lipinski definition) is 2. The number of carbonyl (C=O) groups excluding carboxylic acids is 1. The van der Waals surface area contributed by atoms with Crippen molar-refractivity contribution in [3.05, 3.63) is 0 Å². The van der Waals surface area contributed by atoms with Crippen molar-refractivity contribution in [3.63, 3.8) is 0 Å². The van der Waals surface area contributed by atoms with Gasteiger partial charge in [-0.05, 0) is 18.3 Å². The zero-order valence-corrected chi connectivity index (χ0v) is 9.05. The van der Waals surface area contributed by atoms with E-state index in [1.165, 1.54) is 0 Å². The van der Waals surface area contributed by atoms with E-state index in [1.54, 1.807) is 0 Å². The van der Waals surface area contributed by atoms with Gasteiger partial charge in [-0.15, -0.1) is 0 Å². The van der Waals surface area contributed by atoms with Gasteiger partial charge in [-0.2, -0.15) is 0 Å². The second kappa shape index (κ2) is 3.09. The molecule has 0 aliphatic heterocycles. The molecule has 0 aromatic rings. The Morgan fingerprint density at radius 2 is 1.92 bits per heavy atom. The lowest BCUT2D eigenvalue weighted by Gasteiger charge is -2.36. The molecule has 0 unspecified atom stereocenters. The first-order valence-electron chi connectivity index (χ1n) is 5.05. The van der Waals surface area contributed by atoms with Crippen LogP contribution in [0.4, 0.5) is 0 Å². The third-order valence-electron chi connectivity index (χ3n) is 3.82. The second-order valence-corrected chi connectivity index (χ2v) is 5.05. The molecule has 0 heterocycles. The Hall–Kier alpha value is -0.370. The summed E-state index contributed by atoms with van der Waals surface area (Å²) in [6.45, 7) is 8.05. The average molecular weight is 184 g/mol. The monoisotopic (exact) mass is 184 g/mol. The molecule has 0 radical (unpaired) electrons. The summed E-state index contributed by atoms with van der Waals surface area (Å²) in [6.07, 6.45) is 1.66. The lowest BCUT2D eigenvalue weighted by Crippen LogP contribution is -2.37. The molecular formula is C11H20O2. The van der Waals surface area contributed by atoms with Gasteiger partial charge in [0.05, 0.1) is 6.10 Å². The fraction of sp³-hybridized carbons (Fsp3) is 0.909. The molecule has 1 fully saturated rings. The Morgan fingerprint density at radius 1 is 1.38 bits per heavy atom. The highest BCUT2D eigenvalue weighted by molar-refractivity contribution is 5.85. The maximum absolute atomic E-state index is 11.8. The van der Waals surface area contributed by atoms with Crippen LogP contribution in [0.5, 0.6) is 0 Å². The summed E-state index contributed by atoms with van der Waals surface area (Å²) >= 11 is 0. The second-order valence-electron chi connectivity index (χ2n) is 5.05. The first-order chi connectivity index (χ1) is 5.83. The van der Waals surface area contributed by atoms with E-state index < -0.39 is 0 Å². The summed E-state index contributed by atoms with van der Waals surface area (Å²) in [4.78, 5) is 11.8. The van der Waals surface area contributed by atoms with E-state index in [1.807, 2.05) is 13.8 Å². The van der Waals surface area contributed by atoms with Crippen molar-refractivity contribution in [3.8, 4) is 0 Å². The number of aliphatic hydroxyl groups is 1. The van der Waals surface area contributed by atoms with Gasteiger partial charge in [0.25, 0.3) is 0 Å². The average Bonchev–Trinajstić information content (AvgIpc) is 2.20. The summed E-state index contributed by atoms with van der Waals surface area (Å²) < 4.78 is 0. The van der Waals surface area contributed by atoms with Crippen LogP contribution in [0.3, 0.4) is 0 Å². The molecule has 2 atom stereocenters. The molecule has 0 saturated heterocycles. The van der Waals surface area contributed by atoms with E-state index in [-0.39, 0.29) is 22.7 Å². The molecule has 0 amide bonds. The highest BCUT2D eigenvalue weighted by Crippen LogP contribution is 2.53. The van der Waals surface area contributed by atoms with Crippen molar-refractivity contribution < 1.29 is 9.90 Å². The van der Waals surface area contributed by atoms with E-state index in [0.29, 0.717) is 12.8 Å². The lowest BCUT2D eigenvalue weighted by molar-refractivity contribution is -0.132. The number of aliphatic hydroxyl groups excluding tert-OH is 1. The summed E-state index contributed by atoms with van der Waals surface area (Å²) in [5.74, 6) is 0.286. The highest BCUT2D eigenvalue weighted by Gasteiger charge is 2.52. The first kappa shape index (κ1) is 10.7. The predicted molar refractivity (Wildman–Crippen MR) is 52.4 cm³/mol. The van der Waals surface area contributed by atoms with Gasteiger partial charge in [0, 0.05) is 11.8 Å². The molecule has 1 aliphatic rings. The van der Waals surface area contributed by atoms with Crippen LogP contribution < -0.4 is 0 Å². The molecule has 0 bridgehead atoms. The largest absolute Gasteiger partial charge is 0.393 e. The minimum atomic E-state index is -0.318. The van der Waals surface area contributed by atoms with E-state index in [4.69, 9.17) is 0 Å². The third kappa shape index (κ3) is 1.52. The van der Waals surface area contributed by atoms with Crippen molar-refractivity contribution in [1.29, 1.82) is 0 Å². The summed E-state index contributed by atoms with van der Waals surface area (Å²) in [6, 6.07) is 0. The minimum absolute atomic E-state index is 0.0560. The fourth-order valence-electron chi connectivity index (χ4n) is 2.52. The van der Waals surface area contributed by atoms with Gasteiger partial charge in [0.15, 0.2) is 0 Å². The molecule has 2 heteroatoms. The van der Waals surface area contributed by atoms with Crippen molar-refractivity contribution in [2.45, 2.75) is 53.1 Å². The zero-order chi connectivity index (χ0) is 10.3. The first-order valence-corrected chi connectivity index (χ1v) is 5.05. The van der Waals surface area contributed by atoms with Gasteiger partial charge in [-0.3, -0.25) is 4.79 Å². The van der Waals surface area contributed by atoms with Gasteiger partial charge < -0.3 is 5.11 Å². The molecule has 0 aromatic heterocycles. The van der Waals surface area contributed by atoms with Gasteiger partial charge >= 0.3 is 0 Å². The molecule has 0 spiro atoms. The van der Waals surface area contributed by atoms with Crippen molar-refractivity contribution >= 4 is 5.78 Å². The van der Waals surface area contributed by atoms with Crippen LogP contribution in [0.25, 0.3) is 0 Å². The number of ketones is 1. The van der Waals surface area contributed by atoms with Crippen LogP contribution in [-0.4, -0.2) is 17.0 Å². The summed E-state index contributed by atoms with van der Waals surface area (Å²) in [7, 11) is 0. The Bertz CT molecular complexity index is 220. The summed E-state index contributed by atoms with van der Waals surface area (Å²) in [5.41, 5.74) is -0.374. The molecule has 0 aromatic carbocycles. The van der Waals surface area contributed by atoms with Crippen LogP contribution in [0.2, 0.25) is 0 Å². The standard InChI is InChI=1S/C11H20O2/c1-5-9(13)11(4)7-8(12)6-10(11,2)3/h8,12H,5-7H2,1-4H3/t8-,11+/m0/s1. The van der Waals surface area contributed by atoms with Gasteiger partial charge in [0.1, 0.15) is 5.78 Å². The number of carbonyl (C=O) groups is 1. The van der Waals surface area contributed by atoms with E-state index in [0.717, 1.165) is 6.42 Å². The van der Waals surface area contributed by atoms with Crippen LogP contribution in [0.15, 0.2) is 0 Å². The van der Waals surface area contributed by atoms with Crippen LogP contribution >= 0.6 is 0 Å². The summed E-state index contributed by atoms with van der Waals surface area (Å²) in [5, 5.41) is 9.59. The smallest absolute Gasteiger partial charge is 0.139 e. The molecule has 2 nitrogen and oxygen atoms in total. The maximum Gasteiger partial charge on any atom is 0.139 e. The third-order valence-corrected chi connectivity index (χ3v) is 3.82. The quantitative estimate of drug-likeness (QED) is 0.714. The predicted octanol–water partition coefficient (Wildman–Crippen LogP) is 2.15. The Kier molecular flexibility index (Phi) is 2.54. The molecule has 1 saturated carbocycles. The minimum Gasteiger partial charge on any atom is -0.393 e. The lowest BCUT2D eigenvalue weighted by atomic mass is 9.66. The Balaban J connectivity index is 2.95. The Morgan fingerprint density at radius 3 is 2.23 bits per heavy atom. The van der Waals surface area contributed by atoms with E-state index >= 15 is 0 Å². The molecular weight excluding hydrogens is 164 g/mol. The van der Waals surface area contributed by atoms with Crippen LogP contribution in [0, 0.1) is 10.8 Å². The molecule has 76 valence electrons. The molecule has 1 aliphatic carbocycles. The van der Waals surface area contributed by atoms with Crippen molar-refractivity contribution in [1.82, 2.24) is 0 Å². The van der Waals surface area contributed by atoms with Crippen molar-refractivity contribution in [2.75, 3.05) is 0 Å². The molecule has 1 N–H and O–H groups in total. The molecule has 13 heavy (non-hydrogen) atoms. The van der Waals surface area contributed by atoms with E-state index in [9.17, 15) is 9.90 Å². The number of Topliss-reactive ketones (excluding diaryl/α,β-unsaturated/α-hetero) is 1. The van der Waals surface area contributed by atoms with Gasteiger partial charge in [-0.25, -0.2) is 0 Å². The SMILES string of the molecule is CCC(=O)[C@@]1(C)C[C@@H](O)CC1(C)C. The van der Waals surface area contributed by atoms with Crippen LogP contribution in [-0.2, 0) is 4.79 Å². The van der Waals surface area contributed by atoms with Crippen molar-refractivity contribution in [2.24, 2.45) is 10.8 Å². The van der Waals surface area contributed by atoms with Crippen LogP contribution in [0.1, 0.15) is 47.0 Å². The highest BCUT2D eigenvalue weighted by atomic mass is 16.3. The normalized spacial score (nSPS) is 37.8. The number of hydrogen-bond donors (Lipinski definition) is 1. The zero-order valence-electron chi connectivity index (χ0n) is 9.05. The fourth-order valence-corrected chi connectivity index (χ4v) is 2.52. The van der Waals surface area contributed by atoms with E-state index in [2.05, 4.69) is 13.8 Å². The van der Waals surface area contributed by atoms with Gasteiger partial charge in [0.2, 0.25) is 0 Å². The molecule has 1 rings (SSSR count). The maximum atomic E-state index is 11.8. The Labute approximate surface area is 80.3 Å². The van der Waals surface area contributed by atoms with Gasteiger partial charge in [-0.1, -0.05) is 27.7 Å².